The fraction of sp³-hybridized carbons (Fsp3) is 0.944. The van der Waals surface area contributed by atoms with Gasteiger partial charge in [-0.2, -0.15) is 0 Å². The minimum absolute atomic E-state index is 0.0995. The second kappa shape index (κ2) is 12.6. The Hall–Kier alpha value is 0.918. The van der Waals surface area contributed by atoms with Crippen LogP contribution in [0, 0.1) is 5.92 Å². The number of rotatable bonds is 11. The molecular weight excluding hydrogens is 520 g/mol. The smallest absolute Gasteiger partial charge is 0.360 e. The highest BCUT2D eigenvalue weighted by molar-refractivity contribution is 8.34. The molecule has 0 N–H and O–H groups in total. The van der Waals surface area contributed by atoms with Crippen molar-refractivity contribution in [1.29, 1.82) is 0 Å². The molecule has 0 heterocycles. The zero-order chi connectivity index (χ0) is 24.0. The van der Waals surface area contributed by atoms with Crippen molar-refractivity contribution in [3.05, 3.63) is 0 Å². The van der Waals surface area contributed by atoms with Crippen LogP contribution in [0.5, 0.6) is 0 Å². The zero-order valence-corrected chi connectivity index (χ0v) is 27.0. The summed E-state index contributed by atoms with van der Waals surface area (Å²) in [6, 6.07) is 0.557. The molecule has 0 aromatic heterocycles. The first-order valence-electron chi connectivity index (χ1n) is 10.9. The van der Waals surface area contributed by atoms with E-state index in [0.717, 1.165) is 35.2 Å². The molecule has 6 nitrogen and oxygen atoms in total. The average molecular weight is 560 g/mol. The first-order chi connectivity index (χ1) is 14.0. The standard InChI is InChI=1S/C18H40O6PS2Si4/c1-15(18(19)21-16-10-12-17(13-11-16)25(20)27-26)14-31(9,24-30(6,7)8)23-28(2)22-29(3,4)5/h15-17H,10-14H2,1-9H3. The number of carbonyl (C=O) groups excluding carboxylic acids is 1. The lowest BCUT2D eigenvalue weighted by Crippen LogP contribution is -2.53. The quantitative estimate of drug-likeness (QED) is 0.208. The van der Waals surface area contributed by atoms with Gasteiger partial charge in [-0.3, -0.25) is 4.79 Å². The number of carbonyl (C=O) groups is 1. The third kappa shape index (κ3) is 12.3. The minimum Gasteiger partial charge on any atom is -0.619 e. The van der Waals surface area contributed by atoms with Crippen molar-refractivity contribution >= 4 is 68.1 Å². The molecular formula is C18H40O6PS2Si4. The van der Waals surface area contributed by atoms with E-state index < -0.39 is 41.4 Å². The summed E-state index contributed by atoms with van der Waals surface area (Å²) in [7, 11) is -6.62. The van der Waals surface area contributed by atoms with Crippen LogP contribution in [-0.2, 0) is 42.6 Å². The average Bonchev–Trinajstić information content (AvgIpc) is 2.57. The van der Waals surface area contributed by atoms with Gasteiger partial charge in [-0.1, -0.05) is 6.92 Å². The first-order valence-corrected chi connectivity index (χ1v) is 25.8. The normalized spacial score (nSPS) is 23.8. The molecule has 0 saturated heterocycles. The topological polar surface area (TPSA) is 77.1 Å². The molecule has 0 spiro atoms. The van der Waals surface area contributed by atoms with Gasteiger partial charge in [0.15, 0.2) is 16.6 Å². The van der Waals surface area contributed by atoms with Crippen LogP contribution in [0.15, 0.2) is 0 Å². The lowest BCUT2D eigenvalue weighted by molar-refractivity contribution is -0.157. The second-order valence-electron chi connectivity index (χ2n) is 10.5. The molecule has 0 bridgehead atoms. The van der Waals surface area contributed by atoms with E-state index in [-0.39, 0.29) is 23.7 Å². The van der Waals surface area contributed by atoms with Gasteiger partial charge < -0.3 is 22.0 Å². The summed E-state index contributed by atoms with van der Waals surface area (Å²) in [6.07, 6.45) is 3.01. The molecule has 0 amide bonds. The van der Waals surface area contributed by atoms with Crippen molar-refractivity contribution in [2.24, 2.45) is 5.92 Å². The number of hydrogen-bond acceptors (Lipinski definition) is 7. The van der Waals surface area contributed by atoms with Crippen molar-refractivity contribution in [3.8, 4) is 0 Å². The van der Waals surface area contributed by atoms with Crippen molar-refractivity contribution in [1.82, 2.24) is 0 Å². The Morgan fingerprint density at radius 2 is 1.65 bits per heavy atom. The minimum atomic E-state index is -2.62. The summed E-state index contributed by atoms with van der Waals surface area (Å²) in [5.74, 6) is -0.491. The van der Waals surface area contributed by atoms with Crippen LogP contribution in [0.2, 0.25) is 58.4 Å². The van der Waals surface area contributed by atoms with Crippen molar-refractivity contribution in [2.45, 2.75) is 103 Å². The molecule has 1 saturated carbocycles. The number of ether oxygens (including phenoxy) is 1. The van der Waals surface area contributed by atoms with Gasteiger partial charge >= 0.3 is 23.8 Å². The maximum atomic E-state index is 12.8. The molecule has 3 unspecified atom stereocenters. The fourth-order valence-corrected chi connectivity index (χ4v) is 20.9. The molecule has 0 aromatic rings. The maximum absolute atomic E-state index is 12.8. The molecule has 1 aliphatic rings. The van der Waals surface area contributed by atoms with E-state index in [1.54, 1.807) is 0 Å². The molecule has 31 heavy (non-hydrogen) atoms. The van der Waals surface area contributed by atoms with Crippen LogP contribution < -0.4 is 4.89 Å². The van der Waals surface area contributed by atoms with Crippen LogP contribution in [0.4, 0.5) is 0 Å². The highest BCUT2D eigenvalue weighted by atomic mass is 32.9. The van der Waals surface area contributed by atoms with Crippen LogP contribution in [0.25, 0.3) is 0 Å². The molecule has 1 radical (unpaired) electrons. The lowest BCUT2D eigenvalue weighted by Gasteiger charge is -2.37. The summed E-state index contributed by atoms with van der Waals surface area (Å²) in [5.41, 5.74) is 0.149. The van der Waals surface area contributed by atoms with E-state index >= 15 is 0 Å². The van der Waals surface area contributed by atoms with Crippen LogP contribution in [0.3, 0.4) is 0 Å². The van der Waals surface area contributed by atoms with Crippen molar-refractivity contribution < 1.29 is 26.8 Å². The van der Waals surface area contributed by atoms with Crippen LogP contribution in [-0.4, -0.2) is 52.2 Å². The predicted molar refractivity (Wildman–Crippen MR) is 141 cm³/mol. The zero-order valence-electron chi connectivity index (χ0n) is 20.5. The van der Waals surface area contributed by atoms with E-state index in [1.165, 1.54) is 0 Å². The fourth-order valence-electron chi connectivity index (χ4n) is 3.86. The molecule has 0 aromatic carbocycles. The Balaban J connectivity index is 2.73. The monoisotopic (exact) mass is 559 g/mol. The molecule has 3 atom stereocenters. The maximum Gasteiger partial charge on any atom is 0.360 e. The van der Waals surface area contributed by atoms with Gasteiger partial charge in [0, 0.05) is 17.2 Å². The summed E-state index contributed by atoms with van der Waals surface area (Å²) in [4.78, 5) is 24.8. The van der Waals surface area contributed by atoms with E-state index in [9.17, 15) is 9.69 Å². The van der Waals surface area contributed by atoms with E-state index in [2.05, 4.69) is 45.8 Å². The molecule has 1 aliphatic carbocycles. The Morgan fingerprint density at radius 3 is 2.10 bits per heavy atom. The third-order valence-corrected chi connectivity index (χ3v) is 20.6. The largest absolute Gasteiger partial charge is 0.619 e. The number of esters is 1. The summed E-state index contributed by atoms with van der Waals surface area (Å²) >= 11 is 4.86. The lowest BCUT2D eigenvalue weighted by atomic mass is 9.97. The predicted octanol–water partition coefficient (Wildman–Crippen LogP) is 4.60. The molecule has 181 valence electrons. The van der Waals surface area contributed by atoms with Gasteiger partial charge in [0.1, 0.15) is 28.2 Å². The molecule has 1 rings (SSSR count). The van der Waals surface area contributed by atoms with Crippen LogP contribution >= 0.6 is 6.92 Å². The SMILES string of the molecule is CC(C[Si](C)(O[Si](C)O[Si](C)(C)C)O[Si](C)(C)C)C(=O)OC1CCC([P+]([O-])=S=S)CC1. The Morgan fingerprint density at radius 1 is 1.10 bits per heavy atom. The van der Waals surface area contributed by atoms with Crippen molar-refractivity contribution in [3.63, 3.8) is 0 Å². The highest BCUT2D eigenvalue weighted by Gasteiger charge is 2.43. The Kier molecular flexibility index (Phi) is 12.1. The first kappa shape index (κ1) is 29.9. The second-order valence-corrected chi connectivity index (χ2v) is 29.4. The Labute approximate surface area is 202 Å². The number of hydrogen-bond donors (Lipinski definition) is 0. The van der Waals surface area contributed by atoms with Crippen molar-refractivity contribution in [2.75, 3.05) is 0 Å². The molecule has 1 fully saturated rings. The van der Waals surface area contributed by atoms with Gasteiger partial charge in [-0.15, -0.1) is 0 Å². The van der Waals surface area contributed by atoms with E-state index in [1.807, 2.05) is 13.5 Å². The molecule has 0 aliphatic heterocycles. The van der Waals surface area contributed by atoms with E-state index in [0.29, 0.717) is 6.04 Å². The highest BCUT2D eigenvalue weighted by Crippen LogP contribution is 2.35. The van der Waals surface area contributed by atoms with Gasteiger partial charge in [-0.25, -0.2) is 0 Å². The van der Waals surface area contributed by atoms with E-state index in [4.69, 9.17) is 28.3 Å². The van der Waals surface area contributed by atoms with Gasteiger partial charge in [0.2, 0.25) is 0 Å². The summed E-state index contributed by atoms with van der Waals surface area (Å²) in [5, 5.41) is 0. The molecule has 13 heteroatoms. The third-order valence-electron chi connectivity index (χ3n) is 4.71. The summed E-state index contributed by atoms with van der Waals surface area (Å²) in [6.45, 7) is 17.5. The van der Waals surface area contributed by atoms with Crippen LogP contribution in [0.1, 0.15) is 32.6 Å². The van der Waals surface area contributed by atoms with Gasteiger partial charge in [0.25, 0.3) is 0 Å². The van der Waals surface area contributed by atoms with Gasteiger partial charge in [-0.05, 0) is 78.1 Å². The van der Waals surface area contributed by atoms with Gasteiger partial charge in [0.05, 0.1) is 5.92 Å². The summed E-state index contributed by atoms with van der Waals surface area (Å²) < 4.78 is 25.0. The Bertz CT molecular complexity index is 660.